The average molecular weight is 559 g/mol. The maximum Gasteiger partial charge on any atom is 0.264 e. The van der Waals surface area contributed by atoms with Crippen LogP contribution in [0.2, 0.25) is 0 Å². The topological polar surface area (TPSA) is 82.6 Å². The lowest BCUT2D eigenvalue weighted by molar-refractivity contribution is 0.101. The SMILES string of the molecule is CC1CN(c2cc(F)c(-c3cnc(N4CCOCC4)nc3)cc2NC(=O)c2ccc(F)cc2C(F)F)CC(C)N1. The number of halogens is 4. The van der Waals surface area contributed by atoms with E-state index in [2.05, 4.69) is 20.6 Å². The number of ether oxygens (including phenoxy) is 1. The summed E-state index contributed by atoms with van der Waals surface area (Å²) in [6, 6.07) is 5.55. The van der Waals surface area contributed by atoms with Crippen molar-refractivity contribution in [1.82, 2.24) is 15.3 Å². The summed E-state index contributed by atoms with van der Waals surface area (Å²) in [5.74, 6) is -1.79. The van der Waals surface area contributed by atoms with Crippen LogP contribution >= 0.6 is 0 Å². The molecule has 2 aliphatic rings. The zero-order valence-corrected chi connectivity index (χ0v) is 22.1. The molecule has 3 heterocycles. The molecule has 2 fully saturated rings. The minimum atomic E-state index is -3.06. The molecule has 0 spiro atoms. The highest BCUT2D eigenvalue weighted by atomic mass is 19.3. The van der Waals surface area contributed by atoms with Crippen LogP contribution in [0.25, 0.3) is 11.1 Å². The van der Waals surface area contributed by atoms with E-state index in [1.807, 2.05) is 23.6 Å². The van der Waals surface area contributed by atoms with Crippen LogP contribution in [0, 0.1) is 11.6 Å². The summed E-state index contributed by atoms with van der Waals surface area (Å²) >= 11 is 0. The van der Waals surface area contributed by atoms with Crippen molar-refractivity contribution >= 4 is 23.2 Å². The number of hydrogen-bond acceptors (Lipinski definition) is 7. The fraction of sp³-hybridized carbons (Fsp3) is 0.393. The van der Waals surface area contributed by atoms with Gasteiger partial charge in [-0.2, -0.15) is 0 Å². The van der Waals surface area contributed by atoms with Crippen LogP contribution in [-0.2, 0) is 4.74 Å². The average Bonchev–Trinajstić information content (AvgIpc) is 2.93. The first-order valence-electron chi connectivity index (χ1n) is 13.1. The van der Waals surface area contributed by atoms with E-state index in [0.29, 0.717) is 62.7 Å². The number of carbonyl (C=O) groups is 1. The lowest BCUT2D eigenvalue weighted by Crippen LogP contribution is -2.54. The van der Waals surface area contributed by atoms with Gasteiger partial charge < -0.3 is 25.2 Å². The number of nitrogens with one attached hydrogen (secondary N) is 2. The summed E-state index contributed by atoms with van der Waals surface area (Å²) in [7, 11) is 0. The quantitative estimate of drug-likeness (QED) is 0.427. The Balaban J connectivity index is 1.52. The molecular weight excluding hydrogens is 528 g/mol. The number of morpholine rings is 1. The molecule has 1 aromatic heterocycles. The number of amides is 1. The molecule has 2 unspecified atom stereocenters. The zero-order valence-electron chi connectivity index (χ0n) is 22.1. The van der Waals surface area contributed by atoms with Crippen molar-refractivity contribution in [3.63, 3.8) is 0 Å². The summed E-state index contributed by atoms with van der Waals surface area (Å²) in [5.41, 5.74) is 0.0582. The fourth-order valence-electron chi connectivity index (χ4n) is 5.17. The Labute approximate surface area is 229 Å². The molecule has 5 rings (SSSR count). The number of nitrogens with zero attached hydrogens (tertiary/aromatic N) is 4. The van der Waals surface area contributed by atoms with Crippen molar-refractivity contribution in [2.24, 2.45) is 0 Å². The Bertz CT molecular complexity index is 1360. The Morgan fingerprint density at radius 2 is 1.70 bits per heavy atom. The molecule has 2 saturated heterocycles. The van der Waals surface area contributed by atoms with E-state index in [1.54, 1.807) is 0 Å². The van der Waals surface area contributed by atoms with Crippen LogP contribution in [0.15, 0.2) is 42.7 Å². The van der Waals surface area contributed by atoms with Crippen molar-refractivity contribution in [3.8, 4) is 11.1 Å². The minimum Gasteiger partial charge on any atom is -0.378 e. The highest BCUT2D eigenvalue weighted by Crippen LogP contribution is 2.36. The maximum absolute atomic E-state index is 15.6. The van der Waals surface area contributed by atoms with Gasteiger partial charge in [-0.25, -0.2) is 27.5 Å². The second kappa shape index (κ2) is 11.8. The molecule has 2 atom stereocenters. The first-order chi connectivity index (χ1) is 19.2. The van der Waals surface area contributed by atoms with Crippen LogP contribution in [0.3, 0.4) is 0 Å². The number of rotatable bonds is 6. The van der Waals surface area contributed by atoms with Crippen molar-refractivity contribution < 1.29 is 27.1 Å². The van der Waals surface area contributed by atoms with Gasteiger partial charge in [0.15, 0.2) is 0 Å². The number of alkyl halides is 2. The van der Waals surface area contributed by atoms with E-state index >= 15 is 4.39 Å². The van der Waals surface area contributed by atoms with Gasteiger partial charge in [-0.1, -0.05) is 0 Å². The van der Waals surface area contributed by atoms with E-state index in [9.17, 15) is 18.0 Å². The smallest absolute Gasteiger partial charge is 0.264 e. The van der Waals surface area contributed by atoms with E-state index in [4.69, 9.17) is 4.74 Å². The highest BCUT2D eigenvalue weighted by molar-refractivity contribution is 6.07. The summed E-state index contributed by atoms with van der Waals surface area (Å²) in [5, 5.41) is 6.09. The van der Waals surface area contributed by atoms with Gasteiger partial charge in [0.05, 0.1) is 24.6 Å². The molecule has 12 heteroatoms. The van der Waals surface area contributed by atoms with E-state index in [-0.39, 0.29) is 28.9 Å². The molecule has 0 bridgehead atoms. The van der Waals surface area contributed by atoms with Gasteiger partial charge in [0.1, 0.15) is 11.6 Å². The van der Waals surface area contributed by atoms with E-state index in [0.717, 1.165) is 12.1 Å². The molecule has 1 amide bonds. The van der Waals surface area contributed by atoms with Crippen LogP contribution in [0.1, 0.15) is 36.2 Å². The third-order valence-corrected chi connectivity index (χ3v) is 6.97. The molecule has 40 heavy (non-hydrogen) atoms. The number of anilines is 3. The predicted molar refractivity (Wildman–Crippen MR) is 144 cm³/mol. The monoisotopic (exact) mass is 558 g/mol. The number of piperazine rings is 1. The molecule has 212 valence electrons. The van der Waals surface area contributed by atoms with Crippen LogP contribution in [-0.4, -0.2) is 67.4 Å². The van der Waals surface area contributed by atoms with Gasteiger partial charge in [-0.15, -0.1) is 0 Å². The lowest BCUT2D eigenvalue weighted by atomic mass is 10.0. The largest absolute Gasteiger partial charge is 0.378 e. The van der Waals surface area contributed by atoms with E-state index in [1.165, 1.54) is 24.5 Å². The number of aromatic nitrogens is 2. The Morgan fingerprint density at radius 3 is 2.35 bits per heavy atom. The van der Waals surface area contributed by atoms with Crippen LogP contribution in [0.4, 0.5) is 34.9 Å². The van der Waals surface area contributed by atoms with Crippen molar-refractivity contribution in [2.45, 2.75) is 32.4 Å². The summed E-state index contributed by atoms with van der Waals surface area (Å²) in [6.07, 6.45) is -0.0481. The second-order valence-electron chi connectivity index (χ2n) is 10.1. The highest BCUT2D eigenvalue weighted by Gasteiger charge is 2.27. The van der Waals surface area contributed by atoms with Crippen LogP contribution in [0.5, 0.6) is 0 Å². The third-order valence-electron chi connectivity index (χ3n) is 6.97. The first kappa shape index (κ1) is 27.8. The first-order valence-corrected chi connectivity index (χ1v) is 13.1. The van der Waals surface area contributed by atoms with Gasteiger partial charge in [0, 0.05) is 72.9 Å². The second-order valence-corrected chi connectivity index (χ2v) is 10.1. The van der Waals surface area contributed by atoms with Crippen molar-refractivity contribution in [1.29, 1.82) is 0 Å². The summed E-state index contributed by atoms with van der Waals surface area (Å²) in [4.78, 5) is 25.9. The molecule has 3 aromatic rings. The summed E-state index contributed by atoms with van der Waals surface area (Å²) < 4.78 is 61.9. The standard InChI is InChI=1S/C28H30F4N6O2/c1-16-14-38(15-17(2)35-16)25-11-23(30)21(18-12-33-28(34-13-18)37-5-7-40-8-6-37)10-24(25)36-27(39)20-4-3-19(29)9-22(20)26(31)32/h3-4,9-13,16-17,26,35H,5-8,14-15H2,1-2H3,(H,36,39). The molecule has 0 aliphatic carbocycles. The molecule has 2 N–H and O–H groups in total. The zero-order chi connectivity index (χ0) is 28.4. The number of hydrogen-bond donors (Lipinski definition) is 2. The Kier molecular flexibility index (Phi) is 8.17. The summed E-state index contributed by atoms with van der Waals surface area (Å²) in [6.45, 7) is 7.46. The molecule has 0 saturated carbocycles. The normalized spacial score (nSPS) is 19.7. The van der Waals surface area contributed by atoms with Gasteiger partial charge in [0.25, 0.3) is 12.3 Å². The minimum absolute atomic E-state index is 0.0821. The van der Waals surface area contributed by atoms with Crippen molar-refractivity contribution in [2.75, 3.05) is 54.5 Å². The van der Waals surface area contributed by atoms with E-state index < -0.39 is 29.5 Å². The Morgan fingerprint density at radius 1 is 1.02 bits per heavy atom. The van der Waals surface area contributed by atoms with Gasteiger partial charge in [-0.3, -0.25) is 4.79 Å². The van der Waals surface area contributed by atoms with Gasteiger partial charge in [-0.05, 0) is 44.2 Å². The molecule has 2 aliphatic heterocycles. The Hall–Kier alpha value is -3.77. The molecule has 8 nitrogen and oxygen atoms in total. The van der Waals surface area contributed by atoms with Crippen LogP contribution < -0.4 is 20.4 Å². The third kappa shape index (κ3) is 6.02. The molecule has 2 aromatic carbocycles. The predicted octanol–water partition coefficient (Wildman–Crippen LogP) is 4.63. The number of benzene rings is 2. The molecule has 0 radical (unpaired) electrons. The number of carbonyl (C=O) groups excluding carboxylic acids is 1. The van der Waals surface area contributed by atoms with Crippen molar-refractivity contribution in [3.05, 3.63) is 65.5 Å². The maximum atomic E-state index is 15.6. The van der Waals surface area contributed by atoms with Gasteiger partial charge >= 0.3 is 0 Å². The fourth-order valence-corrected chi connectivity index (χ4v) is 5.17. The molecular formula is C28H30F4N6O2. The lowest BCUT2D eigenvalue weighted by Gasteiger charge is -2.38. The van der Waals surface area contributed by atoms with Gasteiger partial charge in [0.2, 0.25) is 5.95 Å².